The Bertz CT molecular complexity index is 374. The van der Waals surface area contributed by atoms with Crippen molar-refractivity contribution in [2.75, 3.05) is 0 Å². The first kappa shape index (κ1) is 8.88. The highest BCUT2D eigenvalue weighted by atomic mass is 19.1. The number of halogens is 1. The molecule has 1 nitrogen and oxygen atoms in total. The summed E-state index contributed by atoms with van der Waals surface area (Å²) in [5.41, 5.74) is 3.01. The predicted octanol–water partition coefficient (Wildman–Crippen LogP) is 3.20. The van der Waals surface area contributed by atoms with Crippen molar-refractivity contribution in [3.05, 3.63) is 54.0 Å². The molecule has 0 atom stereocenters. The fourth-order valence-electron chi connectivity index (χ4n) is 1.27. The molecule has 0 saturated heterocycles. The van der Waals surface area contributed by atoms with Gasteiger partial charge in [0, 0.05) is 5.56 Å². The van der Waals surface area contributed by atoms with Crippen molar-refractivity contribution < 1.29 is 4.39 Å². The number of hydrogen-bond acceptors (Lipinski definition) is 1. The molecule has 0 bridgehead atoms. The number of aryl methyl sites for hydroxylation is 1. The molecule has 14 heavy (non-hydrogen) atoms. The van der Waals surface area contributed by atoms with Gasteiger partial charge in [-0.25, -0.2) is 4.39 Å². The highest BCUT2D eigenvalue weighted by Gasteiger charge is 1.98. The van der Waals surface area contributed by atoms with E-state index in [1.54, 1.807) is 6.07 Å². The van der Waals surface area contributed by atoms with Crippen LogP contribution in [0.5, 0.6) is 0 Å². The van der Waals surface area contributed by atoms with Crippen LogP contribution in [0.15, 0.2) is 42.6 Å². The highest BCUT2D eigenvalue weighted by molar-refractivity contribution is 5.58. The van der Waals surface area contributed by atoms with Crippen molar-refractivity contribution in [3.63, 3.8) is 0 Å². The van der Waals surface area contributed by atoms with Crippen molar-refractivity contribution in [1.29, 1.82) is 0 Å². The summed E-state index contributed by atoms with van der Waals surface area (Å²) in [5.74, 6) is -0.305. The van der Waals surface area contributed by atoms with Gasteiger partial charge in [-0.3, -0.25) is 4.98 Å². The third-order valence-corrected chi connectivity index (χ3v) is 2.07. The number of rotatable bonds is 1. The van der Waals surface area contributed by atoms with Crippen LogP contribution >= 0.6 is 0 Å². The topological polar surface area (TPSA) is 12.9 Å². The molecule has 0 N–H and O–H groups in total. The summed E-state index contributed by atoms with van der Waals surface area (Å²) in [7, 11) is 0. The molecule has 0 unspecified atom stereocenters. The zero-order valence-corrected chi connectivity index (χ0v) is 7.87. The van der Waals surface area contributed by atoms with Crippen LogP contribution in [0.25, 0.3) is 11.3 Å². The van der Waals surface area contributed by atoms with E-state index in [0.717, 1.165) is 11.3 Å². The first-order valence-corrected chi connectivity index (χ1v) is 4.44. The minimum atomic E-state index is -0.305. The first-order valence-electron chi connectivity index (χ1n) is 4.44. The van der Waals surface area contributed by atoms with Crippen LogP contribution in [0.4, 0.5) is 4.39 Å². The Balaban J connectivity index is 2.40. The molecule has 1 aromatic carbocycles. The maximum Gasteiger partial charge on any atom is 0.141 e. The van der Waals surface area contributed by atoms with E-state index < -0.39 is 0 Å². The molecule has 2 heteroatoms. The zero-order valence-electron chi connectivity index (χ0n) is 7.87. The first-order chi connectivity index (χ1) is 6.75. The third kappa shape index (κ3) is 1.79. The summed E-state index contributed by atoms with van der Waals surface area (Å²) in [5, 5.41) is 0. The van der Waals surface area contributed by atoms with E-state index in [1.165, 1.54) is 17.8 Å². The van der Waals surface area contributed by atoms with Crippen LogP contribution in [0.2, 0.25) is 0 Å². The molecule has 1 heterocycles. The van der Waals surface area contributed by atoms with Crippen LogP contribution in [-0.4, -0.2) is 4.98 Å². The van der Waals surface area contributed by atoms with Gasteiger partial charge in [0.1, 0.15) is 5.82 Å². The fraction of sp³-hybridized carbons (Fsp3) is 0.0833. The Hall–Kier alpha value is -1.70. The lowest BCUT2D eigenvalue weighted by atomic mass is 10.1. The van der Waals surface area contributed by atoms with Crippen LogP contribution in [0.3, 0.4) is 0 Å². The van der Waals surface area contributed by atoms with E-state index in [-0.39, 0.29) is 5.82 Å². The summed E-state index contributed by atoms with van der Waals surface area (Å²) < 4.78 is 12.6. The highest BCUT2D eigenvalue weighted by Crippen LogP contribution is 2.16. The minimum absolute atomic E-state index is 0.305. The Morgan fingerprint density at radius 3 is 2.29 bits per heavy atom. The smallest absolute Gasteiger partial charge is 0.141 e. The summed E-state index contributed by atoms with van der Waals surface area (Å²) in [4.78, 5) is 4.00. The SMILES string of the molecule is Cc1ccc(-c2ccc(F)cn2)cc1. The molecule has 0 saturated carbocycles. The Morgan fingerprint density at radius 2 is 1.71 bits per heavy atom. The summed E-state index contributed by atoms with van der Waals surface area (Å²) >= 11 is 0. The molecule has 0 radical (unpaired) electrons. The van der Waals surface area contributed by atoms with Crippen LogP contribution < -0.4 is 0 Å². The molecule has 0 aliphatic heterocycles. The summed E-state index contributed by atoms with van der Waals surface area (Å²) in [6.07, 6.45) is 1.23. The van der Waals surface area contributed by atoms with Crippen molar-refractivity contribution in [1.82, 2.24) is 4.98 Å². The van der Waals surface area contributed by atoms with E-state index >= 15 is 0 Å². The molecule has 0 fully saturated rings. The van der Waals surface area contributed by atoms with Crippen molar-refractivity contribution in [2.24, 2.45) is 0 Å². The quantitative estimate of drug-likeness (QED) is 0.668. The zero-order chi connectivity index (χ0) is 9.97. The Labute approximate surface area is 82.2 Å². The lowest BCUT2D eigenvalue weighted by Gasteiger charge is -2.00. The maximum absolute atomic E-state index is 12.6. The molecule has 70 valence electrons. The van der Waals surface area contributed by atoms with Gasteiger partial charge in [-0.05, 0) is 19.1 Å². The van der Waals surface area contributed by atoms with Gasteiger partial charge in [0.15, 0.2) is 0 Å². The van der Waals surface area contributed by atoms with Gasteiger partial charge in [-0.1, -0.05) is 29.8 Å². The Kier molecular flexibility index (Phi) is 2.27. The molecular formula is C12H10FN. The van der Waals surface area contributed by atoms with Gasteiger partial charge in [-0.15, -0.1) is 0 Å². The lowest BCUT2D eigenvalue weighted by Crippen LogP contribution is -1.84. The number of benzene rings is 1. The molecular weight excluding hydrogens is 177 g/mol. The average molecular weight is 187 g/mol. The van der Waals surface area contributed by atoms with E-state index in [1.807, 2.05) is 31.2 Å². The molecule has 2 rings (SSSR count). The van der Waals surface area contributed by atoms with Crippen molar-refractivity contribution >= 4 is 0 Å². The van der Waals surface area contributed by atoms with Gasteiger partial charge in [0.25, 0.3) is 0 Å². The average Bonchev–Trinajstić information content (AvgIpc) is 2.21. The maximum atomic E-state index is 12.6. The standard InChI is InChI=1S/C12H10FN/c1-9-2-4-10(5-3-9)12-7-6-11(13)8-14-12/h2-8H,1H3. The monoisotopic (exact) mass is 187 g/mol. The van der Waals surface area contributed by atoms with E-state index in [9.17, 15) is 4.39 Å². The third-order valence-electron chi connectivity index (χ3n) is 2.07. The van der Waals surface area contributed by atoms with E-state index in [4.69, 9.17) is 0 Å². The van der Waals surface area contributed by atoms with E-state index in [0.29, 0.717) is 0 Å². The number of aromatic nitrogens is 1. The number of hydrogen-bond donors (Lipinski definition) is 0. The largest absolute Gasteiger partial charge is 0.253 e. The number of nitrogens with zero attached hydrogens (tertiary/aromatic N) is 1. The second kappa shape index (κ2) is 3.58. The van der Waals surface area contributed by atoms with Gasteiger partial charge >= 0.3 is 0 Å². The van der Waals surface area contributed by atoms with Crippen LogP contribution in [0, 0.1) is 12.7 Å². The second-order valence-corrected chi connectivity index (χ2v) is 3.23. The van der Waals surface area contributed by atoms with Gasteiger partial charge in [0.05, 0.1) is 11.9 Å². The van der Waals surface area contributed by atoms with Crippen LogP contribution in [-0.2, 0) is 0 Å². The minimum Gasteiger partial charge on any atom is -0.253 e. The normalized spacial score (nSPS) is 10.1. The van der Waals surface area contributed by atoms with Crippen molar-refractivity contribution in [3.8, 4) is 11.3 Å². The summed E-state index contributed by atoms with van der Waals surface area (Å²) in [6.45, 7) is 2.03. The number of pyridine rings is 1. The molecule has 2 aromatic rings. The molecule has 0 amide bonds. The molecule has 1 aromatic heterocycles. The molecule has 0 aliphatic carbocycles. The second-order valence-electron chi connectivity index (χ2n) is 3.23. The van der Waals surface area contributed by atoms with E-state index in [2.05, 4.69) is 4.98 Å². The lowest BCUT2D eigenvalue weighted by molar-refractivity contribution is 0.622. The predicted molar refractivity (Wildman–Crippen MR) is 54.4 cm³/mol. The van der Waals surface area contributed by atoms with Gasteiger partial charge < -0.3 is 0 Å². The summed E-state index contributed by atoms with van der Waals surface area (Å²) in [6, 6.07) is 11.1. The van der Waals surface area contributed by atoms with Crippen LogP contribution in [0.1, 0.15) is 5.56 Å². The van der Waals surface area contributed by atoms with Crippen molar-refractivity contribution in [2.45, 2.75) is 6.92 Å². The molecule has 0 spiro atoms. The van der Waals surface area contributed by atoms with Gasteiger partial charge in [0.2, 0.25) is 0 Å². The fourth-order valence-corrected chi connectivity index (χ4v) is 1.27. The van der Waals surface area contributed by atoms with Gasteiger partial charge in [-0.2, -0.15) is 0 Å². The Morgan fingerprint density at radius 1 is 1.00 bits per heavy atom. The molecule has 0 aliphatic rings.